The lowest BCUT2D eigenvalue weighted by molar-refractivity contribution is -0.122. The first-order chi connectivity index (χ1) is 13.0. The number of rotatable bonds is 7. The molecular weight excluding hydrogens is 342 g/mol. The number of fused-ring (bicyclic) bond motifs is 1. The molecule has 3 amide bonds. The molecule has 142 valence electrons. The molecule has 0 aromatic heterocycles. The van der Waals surface area contributed by atoms with Gasteiger partial charge in [-0.25, -0.2) is 0 Å². The third kappa shape index (κ3) is 4.64. The van der Waals surface area contributed by atoms with E-state index in [-0.39, 0.29) is 23.6 Å². The van der Waals surface area contributed by atoms with Crippen LogP contribution in [0.5, 0.6) is 0 Å². The topological polar surface area (TPSA) is 87.3 Å². The Bertz CT molecular complexity index is 874. The molecule has 0 saturated heterocycles. The van der Waals surface area contributed by atoms with E-state index in [1.807, 2.05) is 37.3 Å². The van der Waals surface area contributed by atoms with Gasteiger partial charge in [-0.2, -0.15) is 0 Å². The zero-order valence-electron chi connectivity index (χ0n) is 15.7. The van der Waals surface area contributed by atoms with Crippen LogP contribution in [0.4, 0.5) is 5.69 Å². The minimum absolute atomic E-state index is 0.0335. The molecule has 27 heavy (non-hydrogen) atoms. The Hall–Kier alpha value is -2.89. The molecular formula is C21H25N3O3. The summed E-state index contributed by atoms with van der Waals surface area (Å²) in [5, 5.41) is 10.2. The van der Waals surface area contributed by atoms with Crippen molar-refractivity contribution in [3.05, 3.63) is 42.0 Å². The van der Waals surface area contributed by atoms with Crippen molar-refractivity contribution >= 4 is 34.2 Å². The summed E-state index contributed by atoms with van der Waals surface area (Å²) in [5.74, 6) is -0.639. The van der Waals surface area contributed by atoms with Crippen molar-refractivity contribution in [1.29, 1.82) is 0 Å². The molecule has 0 heterocycles. The number of hydrogen-bond donors (Lipinski definition) is 3. The van der Waals surface area contributed by atoms with E-state index < -0.39 is 6.04 Å². The third-order valence-electron chi connectivity index (χ3n) is 4.63. The smallest absolute Gasteiger partial charge is 0.254 e. The molecule has 6 heteroatoms. The number of hydrogen-bond acceptors (Lipinski definition) is 3. The molecule has 0 spiro atoms. The second-order valence-electron chi connectivity index (χ2n) is 6.99. The highest BCUT2D eigenvalue weighted by molar-refractivity contribution is 6.09. The van der Waals surface area contributed by atoms with Crippen molar-refractivity contribution in [3.63, 3.8) is 0 Å². The van der Waals surface area contributed by atoms with E-state index in [0.29, 0.717) is 17.8 Å². The second kappa shape index (κ2) is 8.20. The summed E-state index contributed by atoms with van der Waals surface area (Å²) in [6.07, 6.45) is 2.60. The number of carbonyl (C=O) groups is 3. The standard InChI is InChI=1S/C21H25N3O3/c1-3-10-22-19(25)13(2)23-21(27)17-11-15-6-4-5-7-16(15)12-18(17)24-20(26)14-8-9-14/h4-7,11-14H,3,8-10H2,1-2H3,(H,22,25)(H,23,27)(H,24,26)/t13-/m1/s1. The maximum atomic E-state index is 12.8. The lowest BCUT2D eigenvalue weighted by atomic mass is 10.0. The van der Waals surface area contributed by atoms with E-state index in [0.717, 1.165) is 30.0 Å². The zero-order chi connectivity index (χ0) is 19.4. The van der Waals surface area contributed by atoms with E-state index in [4.69, 9.17) is 0 Å². The van der Waals surface area contributed by atoms with Gasteiger partial charge in [0, 0.05) is 12.5 Å². The van der Waals surface area contributed by atoms with Gasteiger partial charge in [0.2, 0.25) is 11.8 Å². The van der Waals surface area contributed by atoms with Crippen molar-refractivity contribution in [1.82, 2.24) is 10.6 Å². The fourth-order valence-electron chi connectivity index (χ4n) is 2.85. The summed E-state index contributed by atoms with van der Waals surface area (Å²) in [6, 6.07) is 10.6. The Labute approximate surface area is 158 Å². The molecule has 0 aliphatic heterocycles. The maximum absolute atomic E-state index is 12.8. The number of nitrogens with one attached hydrogen (secondary N) is 3. The minimum atomic E-state index is -0.664. The highest BCUT2D eigenvalue weighted by atomic mass is 16.2. The summed E-state index contributed by atoms with van der Waals surface area (Å²) in [4.78, 5) is 37.1. The van der Waals surface area contributed by atoms with Gasteiger partial charge < -0.3 is 16.0 Å². The van der Waals surface area contributed by atoms with Crippen LogP contribution in [-0.4, -0.2) is 30.3 Å². The Kier molecular flexibility index (Phi) is 5.74. The van der Waals surface area contributed by atoms with E-state index in [2.05, 4.69) is 16.0 Å². The van der Waals surface area contributed by atoms with Crippen LogP contribution in [0.3, 0.4) is 0 Å². The zero-order valence-corrected chi connectivity index (χ0v) is 15.7. The number of amides is 3. The van der Waals surface area contributed by atoms with Crippen LogP contribution >= 0.6 is 0 Å². The Morgan fingerprint density at radius 1 is 1.11 bits per heavy atom. The predicted molar refractivity (Wildman–Crippen MR) is 106 cm³/mol. The third-order valence-corrected chi connectivity index (χ3v) is 4.63. The van der Waals surface area contributed by atoms with Gasteiger partial charge >= 0.3 is 0 Å². The van der Waals surface area contributed by atoms with E-state index in [9.17, 15) is 14.4 Å². The summed E-state index contributed by atoms with van der Waals surface area (Å²) >= 11 is 0. The first kappa shape index (κ1) is 18.9. The van der Waals surface area contributed by atoms with Crippen LogP contribution in [0, 0.1) is 5.92 Å². The molecule has 0 radical (unpaired) electrons. The van der Waals surface area contributed by atoms with Gasteiger partial charge in [0.05, 0.1) is 11.3 Å². The average Bonchev–Trinajstić information content (AvgIpc) is 3.50. The monoisotopic (exact) mass is 367 g/mol. The molecule has 2 aromatic rings. The lowest BCUT2D eigenvalue weighted by Gasteiger charge is -2.17. The summed E-state index contributed by atoms with van der Waals surface area (Å²) in [6.45, 7) is 4.18. The molecule has 6 nitrogen and oxygen atoms in total. The van der Waals surface area contributed by atoms with Gasteiger partial charge in [0.25, 0.3) is 5.91 Å². The molecule has 1 atom stereocenters. The molecule has 0 unspecified atom stereocenters. The van der Waals surface area contributed by atoms with Gasteiger partial charge in [0.15, 0.2) is 0 Å². The minimum Gasteiger partial charge on any atom is -0.354 e. The number of carbonyl (C=O) groups excluding carboxylic acids is 3. The van der Waals surface area contributed by atoms with Gasteiger partial charge in [-0.3, -0.25) is 14.4 Å². The van der Waals surface area contributed by atoms with Gasteiger partial charge in [-0.15, -0.1) is 0 Å². The van der Waals surface area contributed by atoms with Crippen LogP contribution in [0.2, 0.25) is 0 Å². The molecule has 0 bridgehead atoms. The van der Waals surface area contributed by atoms with E-state index in [1.54, 1.807) is 13.0 Å². The largest absolute Gasteiger partial charge is 0.354 e. The molecule has 1 aliphatic carbocycles. The van der Waals surface area contributed by atoms with Crippen molar-refractivity contribution in [2.75, 3.05) is 11.9 Å². The van der Waals surface area contributed by atoms with Crippen LogP contribution in [0.25, 0.3) is 10.8 Å². The number of benzene rings is 2. The average molecular weight is 367 g/mol. The predicted octanol–water partition coefficient (Wildman–Crippen LogP) is 2.83. The molecule has 3 N–H and O–H groups in total. The van der Waals surface area contributed by atoms with Gasteiger partial charge in [-0.05, 0) is 49.1 Å². The van der Waals surface area contributed by atoms with Crippen molar-refractivity contribution in [2.45, 2.75) is 39.2 Å². The molecule has 2 aromatic carbocycles. The van der Waals surface area contributed by atoms with Crippen molar-refractivity contribution in [2.24, 2.45) is 5.92 Å². The summed E-state index contributed by atoms with van der Waals surface area (Å²) in [5.41, 5.74) is 0.835. The van der Waals surface area contributed by atoms with Crippen LogP contribution < -0.4 is 16.0 Å². The normalized spacial score (nSPS) is 14.4. The fourth-order valence-corrected chi connectivity index (χ4v) is 2.85. The Balaban J connectivity index is 1.84. The SMILES string of the molecule is CCCNC(=O)[C@@H](C)NC(=O)c1cc2ccccc2cc1NC(=O)C1CC1. The summed E-state index contributed by atoms with van der Waals surface area (Å²) in [7, 11) is 0. The van der Waals surface area contributed by atoms with Gasteiger partial charge in [0.1, 0.15) is 6.04 Å². The highest BCUT2D eigenvalue weighted by Gasteiger charge is 2.30. The molecule has 1 fully saturated rings. The van der Waals surface area contributed by atoms with Crippen molar-refractivity contribution in [3.8, 4) is 0 Å². The van der Waals surface area contributed by atoms with Gasteiger partial charge in [-0.1, -0.05) is 31.2 Å². The molecule has 3 rings (SSSR count). The second-order valence-corrected chi connectivity index (χ2v) is 6.99. The first-order valence-corrected chi connectivity index (χ1v) is 9.41. The van der Waals surface area contributed by atoms with Crippen LogP contribution in [0.1, 0.15) is 43.5 Å². The number of anilines is 1. The van der Waals surface area contributed by atoms with Crippen molar-refractivity contribution < 1.29 is 14.4 Å². The molecule has 1 saturated carbocycles. The maximum Gasteiger partial charge on any atom is 0.254 e. The van der Waals surface area contributed by atoms with E-state index in [1.165, 1.54) is 0 Å². The van der Waals surface area contributed by atoms with Crippen LogP contribution in [-0.2, 0) is 9.59 Å². The quantitative estimate of drug-likeness (QED) is 0.703. The van der Waals surface area contributed by atoms with E-state index >= 15 is 0 Å². The molecule has 1 aliphatic rings. The lowest BCUT2D eigenvalue weighted by Crippen LogP contribution is -2.45. The highest BCUT2D eigenvalue weighted by Crippen LogP contribution is 2.32. The summed E-state index contributed by atoms with van der Waals surface area (Å²) < 4.78 is 0. The first-order valence-electron chi connectivity index (χ1n) is 9.41. The Morgan fingerprint density at radius 3 is 2.41 bits per heavy atom. The van der Waals surface area contributed by atoms with Crippen LogP contribution in [0.15, 0.2) is 36.4 Å². The fraction of sp³-hybridized carbons (Fsp3) is 0.381. The Morgan fingerprint density at radius 2 is 1.78 bits per heavy atom.